The molecule has 2 aromatic carbocycles. The monoisotopic (exact) mass is 448 g/mol. The Morgan fingerprint density at radius 2 is 1.73 bits per heavy atom. The lowest BCUT2D eigenvalue weighted by molar-refractivity contribution is -0.139. The Labute approximate surface area is 180 Å². The third-order valence-electron chi connectivity index (χ3n) is 4.07. The number of carboxylic acids is 1. The van der Waals surface area contributed by atoms with Crippen molar-refractivity contribution in [3.63, 3.8) is 0 Å². The maximum Gasteiger partial charge on any atom is 0.341 e. The van der Waals surface area contributed by atoms with E-state index in [0.717, 1.165) is 10.5 Å². The second-order valence-electron chi connectivity index (χ2n) is 6.29. The number of urea groups is 1. The molecule has 0 radical (unpaired) electrons. The number of halogens is 2. The Bertz CT molecular complexity index is 1070. The van der Waals surface area contributed by atoms with E-state index in [1.807, 2.05) is 6.92 Å². The molecule has 0 atom stereocenters. The van der Waals surface area contributed by atoms with Crippen LogP contribution in [0.1, 0.15) is 11.1 Å². The molecule has 1 aliphatic heterocycles. The molecule has 0 bridgehead atoms. The van der Waals surface area contributed by atoms with Crippen LogP contribution in [-0.4, -0.2) is 35.5 Å². The van der Waals surface area contributed by atoms with Crippen LogP contribution in [0, 0.1) is 6.92 Å². The van der Waals surface area contributed by atoms with Crippen molar-refractivity contribution in [2.75, 3.05) is 11.5 Å². The molecule has 2 N–H and O–H groups in total. The van der Waals surface area contributed by atoms with Gasteiger partial charge < -0.3 is 9.84 Å². The molecule has 30 heavy (non-hydrogen) atoms. The second-order valence-corrected chi connectivity index (χ2v) is 7.10. The number of aryl methyl sites for hydroxylation is 1. The molecule has 1 fully saturated rings. The highest BCUT2D eigenvalue weighted by atomic mass is 35.5. The molecule has 2 aromatic rings. The number of anilines is 1. The van der Waals surface area contributed by atoms with E-state index in [2.05, 4.69) is 5.32 Å². The highest BCUT2D eigenvalue weighted by Gasteiger charge is 2.36. The van der Waals surface area contributed by atoms with Gasteiger partial charge in [0, 0.05) is 0 Å². The standard InChI is InChI=1S/C20H14Cl2N2O6/c1-10-2-4-12(5-3-10)24-19(28)13(18(27)23-20(24)29)6-11-7-14(21)17(15(22)8-11)30-9-16(25)26/h2-8H,9H2,1H3,(H,25,26)(H,23,27,29). The van der Waals surface area contributed by atoms with Gasteiger partial charge in [0.25, 0.3) is 11.8 Å². The Morgan fingerprint density at radius 3 is 2.30 bits per heavy atom. The highest BCUT2D eigenvalue weighted by molar-refractivity contribution is 6.40. The number of carboxylic acid groups (broad SMARTS) is 1. The molecule has 3 rings (SSSR count). The number of rotatable bonds is 5. The first-order chi connectivity index (χ1) is 14.2. The first kappa shape index (κ1) is 21.4. The van der Waals surface area contributed by atoms with Crippen LogP contribution < -0.4 is 15.0 Å². The van der Waals surface area contributed by atoms with Crippen LogP contribution in [0.5, 0.6) is 5.75 Å². The highest BCUT2D eigenvalue weighted by Crippen LogP contribution is 2.35. The summed E-state index contributed by atoms with van der Waals surface area (Å²) in [4.78, 5) is 48.9. The summed E-state index contributed by atoms with van der Waals surface area (Å²) in [5, 5.41) is 10.8. The zero-order valence-corrected chi connectivity index (χ0v) is 17.0. The van der Waals surface area contributed by atoms with Crippen molar-refractivity contribution in [1.29, 1.82) is 0 Å². The summed E-state index contributed by atoms with van der Waals surface area (Å²) in [6.07, 6.45) is 1.23. The number of ether oxygens (including phenoxy) is 1. The van der Waals surface area contributed by atoms with E-state index in [1.165, 1.54) is 18.2 Å². The number of benzene rings is 2. The number of hydrogen-bond donors (Lipinski definition) is 2. The molecule has 1 heterocycles. The summed E-state index contributed by atoms with van der Waals surface area (Å²) in [5.74, 6) is -2.93. The minimum Gasteiger partial charge on any atom is -0.479 e. The van der Waals surface area contributed by atoms with Crippen molar-refractivity contribution in [2.45, 2.75) is 6.92 Å². The van der Waals surface area contributed by atoms with Gasteiger partial charge in [0.15, 0.2) is 12.4 Å². The van der Waals surface area contributed by atoms with E-state index in [1.54, 1.807) is 24.3 Å². The molecule has 0 spiro atoms. The minimum atomic E-state index is -1.21. The van der Waals surface area contributed by atoms with E-state index in [-0.39, 0.29) is 26.9 Å². The fourth-order valence-electron chi connectivity index (χ4n) is 2.69. The van der Waals surface area contributed by atoms with Gasteiger partial charge in [-0.25, -0.2) is 14.5 Å². The number of carbonyl (C=O) groups is 4. The normalized spacial score (nSPS) is 15.4. The Balaban J connectivity index is 1.96. The topological polar surface area (TPSA) is 113 Å². The number of nitrogens with zero attached hydrogens (tertiary/aromatic N) is 1. The average Bonchev–Trinajstić information content (AvgIpc) is 2.65. The molecule has 154 valence electrons. The van der Waals surface area contributed by atoms with Gasteiger partial charge in [-0.1, -0.05) is 40.9 Å². The summed E-state index contributed by atoms with van der Waals surface area (Å²) in [6.45, 7) is 1.21. The zero-order valence-electron chi connectivity index (χ0n) is 15.4. The molecule has 1 aliphatic rings. The van der Waals surface area contributed by atoms with Crippen LogP contribution in [0.15, 0.2) is 42.0 Å². The van der Waals surface area contributed by atoms with E-state index in [4.69, 9.17) is 33.0 Å². The van der Waals surface area contributed by atoms with Crippen LogP contribution in [-0.2, 0) is 14.4 Å². The molecule has 0 aliphatic carbocycles. The zero-order chi connectivity index (χ0) is 22.0. The molecule has 0 saturated carbocycles. The fraction of sp³-hybridized carbons (Fsp3) is 0.100. The molecular weight excluding hydrogens is 435 g/mol. The summed E-state index contributed by atoms with van der Waals surface area (Å²) in [7, 11) is 0. The van der Waals surface area contributed by atoms with Crippen molar-refractivity contribution in [2.24, 2.45) is 0 Å². The lowest BCUT2D eigenvalue weighted by Crippen LogP contribution is -2.54. The molecule has 4 amide bonds. The Kier molecular flexibility index (Phi) is 6.09. The number of imide groups is 2. The molecular formula is C20H14Cl2N2O6. The third kappa shape index (κ3) is 4.45. The first-order valence-corrected chi connectivity index (χ1v) is 9.24. The molecule has 1 saturated heterocycles. The van der Waals surface area contributed by atoms with E-state index >= 15 is 0 Å². The van der Waals surface area contributed by atoms with Gasteiger partial charge in [-0.3, -0.25) is 14.9 Å². The van der Waals surface area contributed by atoms with Crippen LogP contribution in [0.2, 0.25) is 10.0 Å². The van der Waals surface area contributed by atoms with E-state index < -0.39 is 30.4 Å². The van der Waals surface area contributed by atoms with Gasteiger partial charge in [0.05, 0.1) is 15.7 Å². The van der Waals surface area contributed by atoms with Gasteiger partial charge in [0.2, 0.25) is 0 Å². The lowest BCUT2D eigenvalue weighted by Gasteiger charge is -2.26. The first-order valence-electron chi connectivity index (χ1n) is 8.49. The van der Waals surface area contributed by atoms with Crippen LogP contribution >= 0.6 is 23.2 Å². The number of hydrogen-bond acceptors (Lipinski definition) is 5. The van der Waals surface area contributed by atoms with Gasteiger partial charge in [-0.15, -0.1) is 0 Å². The third-order valence-corrected chi connectivity index (χ3v) is 4.63. The van der Waals surface area contributed by atoms with E-state index in [0.29, 0.717) is 5.69 Å². The van der Waals surface area contributed by atoms with Crippen molar-refractivity contribution in [1.82, 2.24) is 5.32 Å². The lowest BCUT2D eigenvalue weighted by atomic mass is 10.1. The number of aliphatic carboxylic acids is 1. The predicted molar refractivity (Wildman–Crippen MR) is 110 cm³/mol. The minimum absolute atomic E-state index is 0.00858. The van der Waals surface area contributed by atoms with Crippen molar-refractivity contribution >= 4 is 58.8 Å². The largest absolute Gasteiger partial charge is 0.479 e. The Morgan fingerprint density at radius 1 is 1.13 bits per heavy atom. The van der Waals surface area contributed by atoms with Crippen LogP contribution in [0.3, 0.4) is 0 Å². The summed E-state index contributed by atoms with van der Waals surface area (Å²) in [6, 6.07) is 8.47. The van der Waals surface area contributed by atoms with Gasteiger partial charge in [0.1, 0.15) is 5.57 Å². The smallest absolute Gasteiger partial charge is 0.341 e. The number of carbonyl (C=O) groups excluding carboxylic acids is 3. The Hall–Kier alpha value is -3.36. The predicted octanol–water partition coefficient (Wildman–Crippen LogP) is 3.43. The van der Waals surface area contributed by atoms with Crippen molar-refractivity contribution < 1.29 is 29.0 Å². The molecule has 0 unspecified atom stereocenters. The van der Waals surface area contributed by atoms with Crippen molar-refractivity contribution in [3.8, 4) is 5.75 Å². The maximum atomic E-state index is 12.9. The van der Waals surface area contributed by atoms with Crippen LogP contribution in [0.25, 0.3) is 6.08 Å². The summed E-state index contributed by atoms with van der Waals surface area (Å²) >= 11 is 12.2. The van der Waals surface area contributed by atoms with E-state index in [9.17, 15) is 19.2 Å². The fourth-order valence-corrected chi connectivity index (χ4v) is 3.30. The maximum absolute atomic E-state index is 12.9. The van der Waals surface area contributed by atoms with Gasteiger partial charge >= 0.3 is 12.0 Å². The SMILES string of the molecule is Cc1ccc(N2C(=O)NC(=O)C(=Cc3cc(Cl)c(OCC(=O)O)c(Cl)c3)C2=O)cc1. The number of nitrogens with one attached hydrogen (secondary N) is 1. The summed E-state index contributed by atoms with van der Waals surface area (Å²) in [5.41, 5.74) is 1.21. The second kappa shape index (κ2) is 8.56. The molecule has 10 heteroatoms. The summed E-state index contributed by atoms with van der Waals surface area (Å²) < 4.78 is 5.03. The number of barbiturate groups is 1. The van der Waals surface area contributed by atoms with Gasteiger partial charge in [-0.2, -0.15) is 0 Å². The van der Waals surface area contributed by atoms with Gasteiger partial charge in [-0.05, 0) is 42.8 Å². The molecule has 8 nitrogen and oxygen atoms in total. The quantitative estimate of drug-likeness (QED) is 0.534. The van der Waals surface area contributed by atoms with Crippen LogP contribution in [0.4, 0.5) is 10.5 Å². The average molecular weight is 449 g/mol. The van der Waals surface area contributed by atoms with Crippen molar-refractivity contribution in [3.05, 3.63) is 63.1 Å². The molecule has 0 aromatic heterocycles. The number of amides is 4.